The predicted octanol–water partition coefficient (Wildman–Crippen LogP) is 5.43. The van der Waals surface area contributed by atoms with E-state index >= 15 is 0 Å². The third-order valence-electron chi connectivity index (χ3n) is 4.85. The van der Waals surface area contributed by atoms with Gasteiger partial charge in [0.2, 0.25) is 0 Å². The molecule has 0 atom stereocenters. The first-order valence-corrected chi connectivity index (χ1v) is 9.96. The summed E-state index contributed by atoms with van der Waals surface area (Å²) < 4.78 is 31.7. The number of nitrogens with one attached hydrogen (secondary N) is 2. The fourth-order valence-corrected chi connectivity index (χ4v) is 3.44. The Bertz CT molecular complexity index is 1020. The molecule has 6 nitrogen and oxygen atoms in total. The van der Waals surface area contributed by atoms with Gasteiger partial charge in [0.15, 0.2) is 0 Å². The van der Waals surface area contributed by atoms with Gasteiger partial charge >= 0.3 is 12.6 Å². The summed E-state index contributed by atoms with van der Waals surface area (Å²) in [5.74, 6) is 0.0879. The number of alkyl halides is 2. The predicted molar refractivity (Wildman–Crippen MR) is 116 cm³/mol. The van der Waals surface area contributed by atoms with Crippen LogP contribution in [0.25, 0.3) is 22.2 Å². The topological polar surface area (TPSA) is 81.3 Å². The smallest absolute Gasteiger partial charge is 0.387 e. The Kier molecular flexibility index (Phi) is 6.76. The number of aryl methyl sites for hydroxylation is 1. The van der Waals surface area contributed by atoms with Gasteiger partial charge in [0.1, 0.15) is 5.75 Å². The Morgan fingerprint density at radius 1 is 1.17 bits per heavy atom. The third-order valence-corrected chi connectivity index (χ3v) is 4.85. The number of carbonyl (C=O) groups is 1. The average Bonchev–Trinajstić information content (AvgIpc) is 2.99. The number of urea groups is 1. The van der Waals surface area contributed by atoms with Crippen LogP contribution in [-0.2, 0) is 6.54 Å². The summed E-state index contributed by atoms with van der Waals surface area (Å²) in [5, 5.41) is 6.37. The van der Waals surface area contributed by atoms with E-state index < -0.39 is 6.61 Å². The minimum atomic E-state index is -2.89. The molecule has 0 bridgehead atoms. The standard InChI is InChI=1S/C22H26F2N4O2/c1-3-5-12-26-22(29)27-15-8-6-14(7-9-15)20-19(25)17-11-10-16(30-21(23)24)13-18(17)28(20)4-2/h6-11,13,21H,3-5,12,25H2,1-2H3,(H2,26,27,29). The second-order valence-corrected chi connectivity index (χ2v) is 6.88. The van der Waals surface area contributed by atoms with Crippen LogP contribution in [0.5, 0.6) is 5.75 Å². The molecule has 0 aliphatic heterocycles. The molecule has 0 fully saturated rings. The van der Waals surface area contributed by atoms with Crippen LogP contribution in [0.4, 0.5) is 25.0 Å². The highest BCUT2D eigenvalue weighted by atomic mass is 19.3. The van der Waals surface area contributed by atoms with E-state index in [-0.39, 0.29) is 11.8 Å². The van der Waals surface area contributed by atoms with Gasteiger partial charge in [0.25, 0.3) is 0 Å². The van der Waals surface area contributed by atoms with Crippen molar-refractivity contribution in [3.05, 3.63) is 42.5 Å². The molecular formula is C22H26F2N4O2. The van der Waals surface area contributed by atoms with Crippen molar-refractivity contribution in [1.29, 1.82) is 0 Å². The molecule has 0 aliphatic rings. The molecule has 160 valence electrons. The van der Waals surface area contributed by atoms with Crippen molar-refractivity contribution in [3.8, 4) is 17.0 Å². The van der Waals surface area contributed by atoms with Crippen molar-refractivity contribution < 1.29 is 18.3 Å². The molecule has 0 aliphatic carbocycles. The largest absolute Gasteiger partial charge is 0.435 e. The first-order chi connectivity index (χ1) is 14.4. The highest BCUT2D eigenvalue weighted by Gasteiger charge is 2.17. The van der Waals surface area contributed by atoms with E-state index in [0.717, 1.165) is 35.0 Å². The summed E-state index contributed by atoms with van der Waals surface area (Å²) in [6.07, 6.45) is 1.94. The molecule has 2 amide bonds. The molecule has 0 spiro atoms. The molecule has 0 radical (unpaired) electrons. The van der Waals surface area contributed by atoms with E-state index in [1.54, 1.807) is 24.3 Å². The van der Waals surface area contributed by atoms with Crippen LogP contribution in [0.15, 0.2) is 42.5 Å². The summed E-state index contributed by atoms with van der Waals surface area (Å²) in [6.45, 7) is 2.36. The number of benzene rings is 2. The molecule has 0 saturated carbocycles. The van der Waals surface area contributed by atoms with Gasteiger partial charge in [-0.25, -0.2) is 4.79 Å². The van der Waals surface area contributed by atoms with Crippen molar-refractivity contribution in [2.75, 3.05) is 17.6 Å². The second kappa shape index (κ2) is 9.47. The zero-order valence-corrected chi connectivity index (χ0v) is 17.0. The molecule has 4 N–H and O–H groups in total. The summed E-state index contributed by atoms with van der Waals surface area (Å²) in [7, 11) is 0. The lowest BCUT2D eigenvalue weighted by Crippen LogP contribution is -2.29. The fourth-order valence-electron chi connectivity index (χ4n) is 3.44. The second-order valence-electron chi connectivity index (χ2n) is 6.88. The molecule has 30 heavy (non-hydrogen) atoms. The number of nitrogens with zero attached hydrogens (tertiary/aromatic N) is 1. The highest BCUT2D eigenvalue weighted by Crippen LogP contribution is 2.38. The molecule has 3 aromatic rings. The molecule has 0 unspecified atom stereocenters. The highest BCUT2D eigenvalue weighted by molar-refractivity contribution is 6.01. The number of halogens is 2. The van der Waals surface area contributed by atoms with Crippen molar-refractivity contribution >= 4 is 28.3 Å². The maximum atomic E-state index is 12.6. The summed E-state index contributed by atoms with van der Waals surface area (Å²) in [4.78, 5) is 11.9. The van der Waals surface area contributed by atoms with Gasteiger partial charge in [-0.3, -0.25) is 0 Å². The van der Waals surface area contributed by atoms with Crippen LogP contribution in [0.2, 0.25) is 0 Å². The molecular weight excluding hydrogens is 390 g/mol. The number of ether oxygens (including phenoxy) is 1. The number of aromatic nitrogens is 1. The zero-order chi connectivity index (χ0) is 21.7. The molecule has 8 heteroatoms. The molecule has 3 rings (SSSR count). The van der Waals surface area contributed by atoms with Gasteiger partial charge in [-0.2, -0.15) is 8.78 Å². The van der Waals surface area contributed by atoms with E-state index in [1.807, 2.05) is 23.6 Å². The van der Waals surface area contributed by atoms with Crippen molar-refractivity contribution in [2.24, 2.45) is 0 Å². The van der Waals surface area contributed by atoms with Crippen LogP contribution >= 0.6 is 0 Å². The van der Waals surface area contributed by atoms with Crippen LogP contribution in [-0.4, -0.2) is 23.8 Å². The van der Waals surface area contributed by atoms with Crippen molar-refractivity contribution in [2.45, 2.75) is 39.8 Å². The number of nitrogen functional groups attached to an aromatic ring is 1. The molecule has 1 heterocycles. The first-order valence-electron chi connectivity index (χ1n) is 9.96. The summed E-state index contributed by atoms with van der Waals surface area (Å²) >= 11 is 0. The maximum absolute atomic E-state index is 12.6. The number of nitrogens with two attached hydrogens (primary N) is 1. The average molecular weight is 416 g/mol. The molecule has 1 aromatic heterocycles. The van der Waals surface area contributed by atoms with E-state index in [9.17, 15) is 13.6 Å². The number of rotatable bonds is 8. The van der Waals surface area contributed by atoms with Gasteiger partial charge in [-0.05, 0) is 37.6 Å². The fraction of sp³-hybridized carbons (Fsp3) is 0.318. The number of amides is 2. The lowest BCUT2D eigenvalue weighted by atomic mass is 10.1. The number of hydrogen-bond donors (Lipinski definition) is 3. The van der Waals surface area contributed by atoms with Crippen LogP contribution in [0.3, 0.4) is 0 Å². The van der Waals surface area contributed by atoms with Crippen LogP contribution < -0.4 is 21.1 Å². The Morgan fingerprint density at radius 3 is 2.53 bits per heavy atom. The Hall–Kier alpha value is -3.29. The molecule has 2 aromatic carbocycles. The van der Waals surface area contributed by atoms with Crippen molar-refractivity contribution in [1.82, 2.24) is 9.88 Å². The number of unbranched alkanes of at least 4 members (excludes halogenated alkanes) is 1. The van der Waals surface area contributed by atoms with E-state index in [4.69, 9.17) is 5.73 Å². The number of hydrogen-bond acceptors (Lipinski definition) is 3. The van der Waals surface area contributed by atoms with E-state index in [1.165, 1.54) is 6.07 Å². The molecule has 0 saturated heterocycles. The minimum Gasteiger partial charge on any atom is -0.435 e. The monoisotopic (exact) mass is 416 g/mol. The first kappa shape index (κ1) is 21.4. The van der Waals surface area contributed by atoms with Crippen LogP contribution in [0, 0.1) is 0 Å². The lowest BCUT2D eigenvalue weighted by molar-refractivity contribution is -0.0497. The normalized spacial score (nSPS) is 11.1. The number of carbonyl (C=O) groups excluding carboxylic acids is 1. The van der Waals surface area contributed by atoms with E-state index in [0.29, 0.717) is 24.5 Å². The summed E-state index contributed by atoms with van der Waals surface area (Å²) in [6, 6.07) is 11.8. The number of anilines is 2. The minimum absolute atomic E-state index is 0.0879. The third kappa shape index (κ3) is 4.64. The van der Waals surface area contributed by atoms with Gasteiger partial charge in [-0.1, -0.05) is 25.5 Å². The quantitative estimate of drug-likeness (QED) is 0.428. The van der Waals surface area contributed by atoms with Gasteiger partial charge in [-0.15, -0.1) is 0 Å². The van der Waals surface area contributed by atoms with Gasteiger partial charge in [0, 0.05) is 35.8 Å². The van der Waals surface area contributed by atoms with Crippen LogP contribution in [0.1, 0.15) is 26.7 Å². The SMILES string of the molecule is CCCCNC(=O)Nc1ccc(-c2c(N)c3ccc(OC(F)F)cc3n2CC)cc1. The summed E-state index contributed by atoms with van der Waals surface area (Å²) in [5.41, 5.74) is 10.00. The Balaban J connectivity index is 1.88. The van der Waals surface area contributed by atoms with E-state index in [2.05, 4.69) is 22.3 Å². The lowest BCUT2D eigenvalue weighted by Gasteiger charge is -2.11. The Labute approximate surface area is 174 Å². The number of fused-ring (bicyclic) bond motifs is 1. The van der Waals surface area contributed by atoms with Gasteiger partial charge in [0.05, 0.1) is 16.9 Å². The zero-order valence-electron chi connectivity index (χ0n) is 17.0. The maximum Gasteiger partial charge on any atom is 0.387 e. The van der Waals surface area contributed by atoms with Crippen molar-refractivity contribution in [3.63, 3.8) is 0 Å². The Morgan fingerprint density at radius 2 is 1.90 bits per heavy atom. The van der Waals surface area contributed by atoms with Gasteiger partial charge < -0.3 is 25.7 Å².